The summed E-state index contributed by atoms with van der Waals surface area (Å²) >= 11 is 0. The van der Waals surface area contributed by atoms with Crippen LogP contribution in [0.1, 0.15) is 24.9 Å². The van der Waals surface area contributed by atoms with E-state index in [2.05, 4.69) is 10.4 Å². The Hall–Kier alpha value is -1.89. The highest BCUT2D eigenvalue weighted by atomic mass is 16.4. The molecule has 94 valence electrons. The standard InChI is InChI=1S/C10H16N4O3/c1-3-7(11)9(15)13-8(10(16)17)6-4-12-14(2)5-6/h4-5,7-8H,3,11H2,1-2H3,(H,13,15)(H,16,17). The zero-order valence-electron chi connectivity index (χ0n) is 9.75. The molecule has 0 aromatic carbocycles. The second kappa shape index (κ2) is 5.44. The average Bonchev–Trinajstić information content (AvgIpc) is 2.70. The van der Waals surface area contributed by atoms with Crippen LogP contribution in [0, 0.1) is 0 Å². The highest BCUT2D eigenvalue weighted by molar-refractivity contribution is 5.87. The Morgan fingerprint density at radius 2 is 2.29 bits per heavy atom. The number of amides is 1. The summed E-state index contributed by atoms with van der Waals surface area (Å²) in [5.74, 6) is -1.63. The Morgan fingerprint density at radius 3 is 2.71 bits per heavy atom. The zero-order chi connectivity index (χ0) is 13.0. The van der Waals surface area contributed by atoms with Crippen LogP contribution in [0.3, 0.4) is 0 Å². The number of aliphatic carboxylic acids is 1. The number of hydrogen-bond acceptors (Lipinski definition) is 4. The lowest BCUT2D eigenvalue weighted by atomic mass is 10.1. The summed E-state index contributed by atoms with van der Waals surface area (Å²) in [7, 11) is 1.67. The maximum absolute atomic E-state index is 11.5. The van der Waals surface area contributed by atoms with Gasteiger partial charge in [-0.25, -0.2) is 4.79 Å². The van der Waals surface area contributed by atoms with Gasteiger partial charge in [-0.1, -0.05) is 6.92 Å². The zero-order valence-corrected chi connectivity index (χ0v) is 9.75. The molecule has 7 nitrogen and oxygen atoms in total. The van der Waals surface area contributed by atoms with Crippen molar-refractivity contribution in [2.24, 2.45) is 12.8 Å². The summed E-state index contributed by atoms with van der Waals surface area (Å²) in [4.78, 5) is 22.6. The fourth-order valence-corrected chi connectivity index (χ4v) is 1.31. The van der Waals surface area contributed by atoms with Crippen LogP contribution in [0.15, 0.2) is 12.4 Å². The van der Waals surface area contributed by atoms with Crippen molar-refractivity contribution in [1.82, 2.24) is 15.1 Å². The average molecular weight is 240 g/mol. The first kappa shape index (κ1) is 13.2. The summed E-state index contributed by atoms with van der Waals surface area (Å²) in [5, 5.41) is 15.3. The van der Waals surface area contributed by atoms with Crippen molar-refractivity contribution in [3.05, 3.63) is 18.0 Å². The lowest BCUT2D eigenvalue weighted by molar-refractivity contribution is -0.142. The Labute approximate surface area is 98.6 Å². The molecule has 0 aliphatic heterocycles. The lowest BCUT2D eigenvalue weighted by Gasteiger charge is -2.15. The van der Waals surface area contributed by atoms with E-state index in [0.29, 0.717) is 12.0 Å². The van der Waals surface area contributed by atoms with Gasteiger partial charge >= 0.3 is 5.97 Å². The van der Waals surface area contributed by atoms with Gasteiger partial charge in [0, 0.05) is 18.8 Å². The Kier molecular flexibility index (Phi) is 4.22. The molecule has 2 unspecified atom stereocenters. The summed E-state index contributed by atoms with van der Waals surface area (Å²) in [6.45, 7) is 1.75. The number of rotatable bonds is 5. The second-order valence-electron chi connectivity index (χ2n) is 3.74. The third-order valence-corrected chi connectivity index (χ3v) is 2.37. The number of carbonyl (C=O) groups excluding carboxylic acids is 1. The number of carboxylic acid groups (broad SMARTS) is 1. The Morgan fingerprint density at radius 1 is 1.65 bits per heavy atom. The number of carboxylic acids is 1. The molecule has 0 bridgehead atoms. The molecule has 1 heterocycles. The van der Waals surface area contributed by atoms with Crippen molar-refractivity contribution in [1.29, 1.82) is 0 Å². The number of aromatic nitrogens is 2. The Bertz CT molecular complexity index is 415. The van der Waals surface area contributed by atoms with Crippen LogP contribution in [-0.4, -0.2) is 32.8 Å². The van der Waals surface area contributed by atoms with Crippen LogP contribution >= 0.6 is 0 Å². The van der Waals surface area contributed by atoms with E-state index < -0.39 is 24.0 Å². The molecule has 17 heavy (non-hydrogen) atoms. The molecule has 0 aliphatic rings. The first-order chi connectivity index (χ1) is 7.95. The minimum absolute atomic E-state index is 0.414. The fraction of sp³-hybridized carbons (Fsp3) is 0.500. The number of nitrogens with zero attached hydrogens (tertiary/aromatic N) is 2. The van der Waals surface area contributed by atoms with Crippen LogP contribution < -0.4 is 11.1 Å². The topological polar surface area (TPSA) is 110 Å². The van der Waals surface area contributed by atoms with Crippen molar-refractivity contribution in [2.75, 3.05) is 0 Å². The second-order valence-corrected chi connectivity index (χ2v) is 3.74. The number of aryl methyl sites for hydroxylation is 1. The van der Waals surface area contributed by atoms with Gasteiger partial charge in [-0.05, 0) is 6.42 Å². The maximum atomic E-state index is 11.5. The molecule has 1 amide bonds. The molecule has 0 saturated carbocycles. The molecule has 0 fully saturated rings. The summed E-state index contributed by atoms with van der Waals surface area (Å²) in [6, 6.07) is -1.82. The van der Waals surface area contributed by atoms with E-state index in [0.717, 1.165) is 0 Å². The highest BCUT2D eigenvalue weighted by Gasteiger charge is 2.25. The van der Waals surface area contributed by atoms with Crippen LogP contribution in [-0.2, 0) is 16.6 Å². The Balaban J connectivity index is 2.81. The molecule has 1 aromatic heterocycles. The van der Waals surface area contributed by atoms with Gasteiger partial charge in [0.1, 0.15) is 0 Å². The van der Waals surface area contributed by atoms with E-state index in [9.17, 15) is 9.59 Å². The van der Waals surface area contributed by atoms with E-state index in [1.807, 2.05) is 0 Å². The summed E-state index contributed by atoms with van der Waals surface area (Å²) in [5.41, 5.74) is 5.94. The number of hydrogen-bond donors (Lipinski definition) is 3. The maximum Gasteiger partial charge on any atom is 0.331 e. The van der Waals surface area contributed by atoms with Gasteiger partial charge < -0.3 is 16.2 Å². The van der Waals surface area contributed by atoms with Crippen molar-refractivity contribution in [3.63, 3.8) is 0 Å². The molecular formula is C10H16N4O3. The highest BCUT2D eigenvalue weighted by Crippen LogP contribution is 2.12. The molecule has 0 spiro atoms. The normalized spacial score (nSPS) is 14.1. The number of nitrogens with one attached hydrogen (secondary N) is 1. The molecule has 1 aromatic rings. The van der Waals surface area contributed by atoms with Crippen LogP contribution in [0.5, 0.6) is 0 Å². The molecule has 2 atom stereocenters. The van der Waals surface area contributed by atoms with Crippen LogP contribution in [0.4, 0.5) is 0 Å². The van der Waals surface area contributed by atoms with E-state index in [4.69, 9.17) is 10.8 Å². The first-order valence-corrected chi connectivity index (χ1v) is 5.23. The van der Waals surface area contributed by atoms with E-state index >= 15 is 0 Å². The first-order valence-electron chi connectivity index (χ1n) is 5.23. The quantitative estimate of drug-likeness (QED) is 0.636. The number of nitrogens with two attached hydrogens (primary N) is 1. The predicted octanol–water partition coefficient (Wildman–Crippen LogP) is -0.601. The molecule has 4 N–H and O–H groups in total. The molecular weight excluding hydrogens is 224 g/mol. The van der Waals surface area contributed by atoms with Gasteiger partial charge in [-0.2, -0.15) is 5.10 Å². The minimum Gasteiger partial charge on any atom is -0.479 e. The van der Waals surface area contributed by atoms with Crippen molar-refractivity contribution in [2.45, 2.75) is 25.4 Å². The molecule has 0 aliphatic carbocycles. The van der Waals surface area contributed by atoms with Gasteiger partial charge in [-0.3, -0.25) is 9.48 Å². The lowest BCUT2D eigenvalue weighted by Crippen LogP contribution is -2.43. The SMILES string of the molecule is CCC(N)C(=O)NC(C(=O)O)c1cnn(C)c1. The molecule has 0 radical (unpaired) electrons. The van der Waals surface area contributed by atoms with Crippen LogP contribution in [0.2, 0.25) is 0 Å². The monoisotopic (exact) mass is 240 g/mol. The van der Waals surface area contributed by atoms with E-state index in [1.165, 1.54) is 17.1 Å². The van der Waals surface area contributed by atoms with E-state index in [1.54, 1.807) is 14.0 Å². The third-order valence-electron chi connectivity index (χ3n) is 2.37. The summed E-state index contributed by atoms with van der Waals surface area (Å²) in [6.07, 6.45) is 3.39. The largest absolute Gasteiger partial charge is 0.479 e. The van der Waals surface area contributed by atoms with Gasteiger partial charge in [0.25, 0.3) is 0 Å². The van der Waals surface area contributed by atoms with Gasteiger partial charge in [0.2, 0.25) is 5.91 Å². The fourth-order valence-electron chi connectivity index (χ4n) is 1.31. The van der Waals surface area contributed by atoms with Gasteiger partial charge in [0.05, 0.1) is 12.2 Å². The van der Waals surface area contributed by atoms with Gasteiger partial charge in [0.15, 0.2) is 6.04 Å². The summed E-state index contributed by atoms with van der Waals surface area (Å²) < 4.78 is 1.47. The smallest absolute Gasteiger partial charge is 0.331 e. The van der Waals surface area contributed by atoms with Crippen molar-refractivity contribution >= 4 is 11.9 Å². The molecule has 7 heteroatoms. The molecule has 1 rings (SSSR count). The van der Waals surface area contributed by atoms with Crippen molar-refractivity contribution in [3.8, 4) is 0 Å². The van der Waals surface area contributed by atoms with Gasteiger partial charge in [-0.15, -0.1) is 0 Å². The number of carbonyl (C=O) groups is 2. The van der Waals surface area contributed by atoms with Crippen molar-refractivity contribution < 1.29 is 14.7 Å². The molecule has 0 saturated heterocycles. The minimum atomic E-state index is -1.14. The third kappa shape index (κ3) is 3.28. The van der Waals surface area contributed by atoms with E-state index in [-0.39, 0.29) is 0 Å². The van der Waals surface area contributed by atoms with Crippen LogP contribution in [0.25, 0.3) is 0 Å². The predicted molar refractivity (Wildman–Crippen MR) is 60.0 cm³/mol.